The zero-order valence-corrected chi connectivity index (χ0v) is 11.7. The van der Waals surface area contributed by atoms with Crippen molar-refractivity contribution in [2.24, 2.45) is 0 Å². The fourth-order valence-corrected chi connectivity index (χ4v) is 2.20. The average Bonchev–Trinajstić information content (AvgIpc) is 2.49. The molecule has 5 nitrogen and oxygen atoms in total. The summed E-state index contributed by atoms with van der Waals surface area (Å²) >= 11 is 6.08. The Morgan fingerprint density at radius 1 is 1.10 bits per heavy atom. The fraction of sp³-hybridized carbons (Fsp3) is 0.133. The van der Waals surface area contributed by atoms with Gasteiger partial charge in [-0.05, 0) is 30.3 Å². The van der Waals surface area contributed by atoms with Crippen molar-refractivity contribution in [1.82, 2.24) is 0 Å². The number of benzene rings is 2. The molecule has 21 heavy (non-hydrogen) atoms. The summed E-state index contributed by atoms with van der Waals surface area (Å²) in [6.45, 7) is 1.04. The van der Waals surface area contributed by atoms with E-state index in [1.165, 1.54) is 12.1 Å². The largest absolute Gasteiger partial charge is 0.486 e. The van der Waals surface area contributed by atoms with Gasteiger partial charge in [-0.1, -0.05) is 11.6 Å². The lowest BCUT2D eigenvalue weighted by molar-refractivity contribution is 0.0697. The van der Waals surface area contributed by atoms with Crippen molar-refractivity contribution in [3.63, 3.8) is 0 Å². The quantitative estimate of drug-likeness (QED) is 0.907. The van der Waals surface area contributed by atoms with Gasteiger partial charge in [0.25, 0.3) is 0 Å². The lowest BCUT2D eigenvalue weighted by Crippen LogP contribution is -2.15. The normalized spacial score (nSPS) is 12.8. The van der Waals surface area contributed by atoms with Gasteiger partial charge >= 0.3 is 5.97 Å². The van der Waals surface area contributed by atoms with Crippen molar-refractivity contribution in [3.8, 4) is 11.5 Å². The minimum Gasteiger partial charge on any atom is -0.486 e. The summed E-state index contributed by atoms with van der Waals surface area (Å²) in [5, 5.41) is 12.5. The van der Waals surface area contributed by atoms with Crippen LogP contribution < -0.4 is 14.8 Å². The summed E-state index contributed by atoms with van der Waals surface area (Å²) in [5.41, 5.74) is 1.43. The molecule has 0 fully saturated rings. The minimum absolute atomic E-state index is 0.166. The Labute approximate surface area is 126 Å². The van der Waals surface area contributed by atoms with Crippen molar-refractivity contribution < 1.29 is 19.4 Å². The minimum atomic E-state index is -1.00. The number of aromatic carboxylic acids is 1. The molecule has 0 bridgehead atoms. The fourth-order valence-electron chi connectivity index (χ4n) is 2.03. The van der Waals surface area contributed by atoms with Crippen LogP contribution in [0, 0.1) is 0 Å². The van der Waals surface area contributed by atoms with Gasteiger partial charge in [0.05, 0.1) is 16.3 Å². The number of anilines is 2. The van der Waals surface area contributed by atoms with Gasteiger partial charge in [0, 0.05) is 11.8 Å². The van der Waals surface area contributed by atoms with E-state index in [4.69, 9.17) is 26.2 Å². The number of nitrogens with one attached hydrogen (secondary N) is 1. The molecule has 3 rings (SSSR count). The Morgan fingerprint density at radius 2 is 1.86 bits per heavy atom. The lowest BCUT2D eigenvalue weighted by Gasteiger charge is -2.19. The first kappa shape index (κ1) is 13.6. The van der Waals surface area contributed by atoms with Crippen LogP contribution in [0.1, 0.15) is 10.4 Å². The number of halogens is 1. The summed E-state index contributed by atoms with van der Waals surface area (Å²) in [5.74, 6) is 0.339. The van der Waals surface area contributed by atoms with E-state index in [9.17, 15) is 4.79 Å². The predicted molar refractivity (Wildman–Crippen MR) is 79.1 cm³/mol. The van der Waals surface area contributed by atoms with Gasteiger partial charge < -0.3 is 19.9 Å². The average molecular weight is 306 g/mol. The molecule has 1 aliphatic rings. The van der Waals surface area contributed by atoms with Crippen molar-refractivity contribution in [2.45, 2.75) is 0 Å². The molecule has 2 aromatic carbocycles. The molecule has 0 unspecified atom stereocenters. The van der Waals surface area contributed by atoms with Crippen LogP contribution in [-0.4, -0.2) is 24.3 Å². The first-order valence-corrected chi connectivity index (χ1v) is 6.71. The summed E-state index contributed by atoms with van der Waals surface area (Å²) in [6, 6.07) is 9.90. The van der Waals surface area contributed by atoms with Gasteiger partial charge in [-0.2, -0.15) is 0 Å². The van der Waals surface area contributed by atoms with E-state index in [1.54, 1.807) is 18.2 Å². The molecule has 2 N–H and O–H groups in total. The molecule has 0 amide bonds. The molecular formula is C15H12ClNO4. The Bertz CT molecular complexity index is 702. The van der Waals surface area contributed by atoms with Crippen LogP contribution in [0.5, 0.6) is 11.5 Å². The maximum atomic E-state index is 11.0. The molecule has 1 heterocycles. The molecule has 0 spiro atoms. The van der Waals surface area contributed by atoms with Crippen LogP contribution in [0.15, 0.2) is 36.4 Å². The smallest absolute Gasteiger partial charge is 0.335 e. The van der Waals surface area contributed by atoms with E-state index >= 15 is 0 Å². The Morgan fingerprint density at radius 3 is 2.62 bits per heavy atom. The van der Waals surface area contributed by atoms with Crippen LogP contribution in [0.4, 0.5) is 11.4 Å². The van der Waals surface area contributed by atoms with Gasteiger partial charge in [0.1, 0.15) is 13.2 Å². The van der Waals surface area contributed by atoms with Crippen molar-refractivity contribution in [3.05, 3.63) is 47.0 Å². The highest BCUT2D eigenvalue weighted by atomic mass is 35.5. The van der Waals surface area contributed by atoms with Gasteiger partial charge in [-0.15, -0.1) is 0 Å². The number of carboxylic acids is 1. The third kappa shape index (κ3) is 2.87. The molecule has 0 saturated heterocycles. The maximum absolute atomic E-state index is 11.0. The second kappa shape index (κ2) is 5.54. The monoisotopic (exact) mass is 305 g/mol. The van der Waals surface area contributed by atoms with Crippen LogP contribution in [0.2, 0.25) is 5.02 Å². The van der Waals surface area contributed by atoms with Gasteiger partial charge in [-0.3, -0.25) is 0 Å². The van der Waals surface area contributed by atoms with Crippen LogP contribution >= 0.6 is 11.6 Å². The van der Waals surface area contributed by atoms with Crippen molar-refractivity contribution in [2.75, 3.05) is 18.5 Å². The number of ether oxygens (including phenoxy) is 2. The second-order valence-electron chi connectivity index (χ2n) is 4.48. The topological polar surface area (TPSA) is 67.8 Å². The first-order chi connectivity index (χ1) is 10.1. The van der Waals surface area contributed by atoms with E-state index in [-0.39, 0.29) is 5.56 Å². The number of carbonyl (C=O) groups is 1. The highest BCUT2D eigenvalue weighted by molar-refractivity contribution is 6.33. The lowest BCUT2D eigenvalue weighted by atomic mass is 10.2. The summed E-state index contributed by atoms with van der Waals surface area (Å²) < 4.78 is 10.9. The van der Waals surface area contributed by atoms with E-state index < -0.39 is 5.97 Å². The van der Waals surface area contributed by atoms with Crippen LogP contribution in [0.3, 0.4) is 0 Å². The number of fused-ring (bicyclic) bond motifs is 1. The van der Waals surface area contributed by atoms with Crippen LogP contribution in [-0.2, 0) is 0 Å². The zero-order chi connectivity index (χ0) is 14.8. The third-order valence-electron chi connectivity index (χ3n) is 3.03. The summed E-state index contributed by atoms with van der Waals surface area (Å²) in [6.07, 6.45) is 0. The van der Waals surface area contributed by atoms with Crippen molar-refractivity contribution >= 4 is 28.9 Å². The van der Waals surface area contributed by atoms with Crippen LogP contribution in [0.25, 0.3) is 0 Å². The zero-order valence-electron chi connectivity index (χ0n) is 10.9. The number of rotatable bonds is 3. The van der Waals surface area contributed by atoms with E-state index in [0.29, 0.717) is 35.4 Å². The molecule has 0 saturated carbocycles. The SMILES string of the molecule is O=C(O)c1ccc(Cl)c(Nc2ccc3c(c2)OCCO3)c1. The third-order valence-corrected chi connectivity index (χ3v) is 3.36. The van der Waals surface area contributed by atoms with Gasteiger partial charge in [0.2, 0.25) is 0 Å². The molecule has 0 aliphatic carbocycles. The first-order valence-electron chi connectivity index (χ1n) is 6.33. The number of hydrogen-bond acceptors (Lipinski definition) is 4. The number of hydrogen-bond donors (Lipinski definition) is 2. The molecule has 2 aromatic rings. The molecule has 0 atom stereocenters. The van der Waals surface area contributed by atoms with E-state index in [1.807, 2.05) is 6.07 Å². The highest BCUT2D eigenvalue weighted by Gasteiger charge is 2.13. The van der Waals surface area contributed by atoms with Gasteiger partial charge in [-0.25, -0.2) is 4.79 Å². The Kier molecular flexibility index (Phi) is 3.58. The second-order valence-corrected chi connectivity index (χ2v) is 4.89. The predicted octanol–water partition coefficient (Wildman–Crippen LogP) is 3.55. The van der Waals surface area contributed by atoms with E-state index in [0.717, 1.165) is 5.69 Å². The molecular weight excluding hydrogens is 294 g/mol. The maximum Gasteiger partial charge on any atom is 0.335 e. The van der Waals surface area contributed by atoms with E-state index in [2.05, 4.69) is 5.32 Å². The number of carboxylic acid groups (broad SMARTS) is 1. The Hall–Kier alpha value is -2.40. The highest BCUT2D eigenvalue weighted by Crippen LogP contribution is 2.35. The molecule has 0 aromatic heterocycles. The van der Waals surface area contributed by atoms with Crippen molar-refractivity contribution in [1.29, 1.82) is 0 Å². The summed E-state index contributed by atoms with van der Waals surface area (Å²) in [7, 11) is 0. The molecule has 0 radical (unpaired) electrons. The molecule has 108 valence electrons. The standard InChI is InChI=1S/C15H12ClNO4/c16-11-3-1-9(15(18)19)7-12(11)17-10-2-4-13-14(8-10)21-6-5-20-13/h1-4,7-8,17H,5-6H2,(H,18,19). The molecule has 1 aliphatic heterocycles. The molecule has 6 heteroatoms. The Balaban J connectivity index is 1.89. The van der Waals surface area contributed by atoms with Gasteiger partial charge in [0.15, 0.2) is 11.5 Å². The summed E-state index contributed by atoms with van der Waals surface area (Å²) in [4.78, 5) is 11.0.